The van der Waals surface area contributed by atoms with Crippen LogP contribution in [0.5, 0.6) is 17.6 Å². The molecule has 1 aliphatic heterocycles. The number of carbonyl (C=O) groups is 1. The summed E-state index contributed by atoms with van der Waals surface area (Å²) in [6.45, 7) is 0. The predicted molar refractivity (Wildman–Crippen MR) is 166 cm³/mol. The van der Waals surface area contributed by atoms with E-state index in [9.17, 15) is 9.59 Å². The number of hydrogen-bond acceptors (Lipinski definition) is 5. The predicted octanol–water partition coefficient (Wildman–Crippen LogP) is 8.26. The van der Waals surface area contributed by atoms with Crippen molar-refractivity contribution in [3.63, 3.8) is 0 Å². The minimum absolute atomic E-state index is 0.00556. The lowest BCUT2D eigenvalue weighted by atomic mass is 9.74. The second-order valence-corrected chi connectivity index (χ2v) is 11.4. The van der Waals surface area contributed by atoms with Gasteiger partial charge in [-0.25, -0.2) is 4.57 Å². The Hall–Kier alpha value is -4.65. The van der Waals surface area contributed by atoms with Gasteiger partial charge >= 0.3 is 6.01 Å². The fourth-order valence-corrected chi connectivity index (χ4v) is 6.08. The topological polar surface area (TPSA) is 70.4 Å². The third kappa shape index (κ3) is 5.13. The number of allylic oxidation sites excluding steroid dienone is 2. The van der Waals surface area contributed by atoms with E-state index in [1.165, 1.54) is 4.57 Å². The fourth-order valence-electron chi connectivity index (χ4n) is 5.83. The van der Waals surface area contributed by atoms with Gasteiger partial charge in [-0.05, 0) is 65.6 Å². The average Bonchev–Trinajstić information content (AvgIpc) is 3.03. The third-order valence-electron chi connectivity index (χ3n) is 7.83. The van der Waals surface area contributed by atoms with E-state index in [1.807, 2.05) is 60.7 Å². The first-order chi connectivity index (χ1) is 21.0. The van der Waals surface area contributed by atoms with Crippen molar-refractivity contribution in [2.75, 3.05) is 0 Å². The summed E-state index contributed by atoms with van der Waals surface area (Å²) < 4.78 is 14.0. The number of ether oxygens (including phenoxy) is 2. The summed E-state index contributed by atoms with van der Waals surface area (Å²) in [5.41, 5.74) is 2.73. The Morgan fingerprint density at radius 1 is 0.744 bits per heavy atom. The summed E-state index contributed by atoms with van der Waals surface area (Å²) in [6.07, 6.45) is 0.824. The van der Waals surface area contributed by atoms with Gasteiger partial charge < -0.3 is 9.47 Å². The number of carbonyl (C=O) groups excluding carboxylic acids is 1. The van der Waals surface area contributed by atoms with Crippen LogP contribution in [-0.2, 0) is 4.79 Å². The molecule has 0 bridgehead atoms. The Balaban J connectivity index is 1.44. The molecule has 0 N–H and O–H groups in total. The van der Waals surface area contributed by atoms with Crippen LogP contribution in [0.25, 0.3) is 5.69 Å². The molecular weight excluding hydrogens is 583 g/mol. The minimum Gasteiger partial charge on any atom is -0.442 e. The van der Waals surface area contributed by atoms with Crippen LogP contribution in [0.1, 0.15) is 41.4 Å². The summed E-state index contributed by atoms with van der Waals surface area (Å²) in [5.74, 6) is 0.324. The summed E-state index contributed by atoms with van der Waals surface area (Å²) in [6, 6.07) is 33.1. The van der Waals surface area contributed by atoms with Crippen LogP contribution in [-0.4, -0.2) is 15.3 Å². The number of ketones is 1. The monoisotopic (exact) mass is 606 g/mol. The maximum Gasteiger partial charge on any atom is 0.312 e. The van der Waals surface area contributed by atoms with Crippen LogP contribution in [0.4, 0.5) is 0 Å². The molecule has 5 aromatic rings. The fraction of sp³-hybridized carbons (Fsp3) is 0.114. The van der Waals surface area contributed by atoms with Crippen LogP contribution >= 0.6 is 23.2 Å². The van der Waals surface area contributed by atoms with Crippen molar-refractivity contribution in [2.24, 2.45) is 0 Å². The highest BCUT2D eigenvalue weighted by atomic mass is 35.5. The minimum atomic E-state index is -0.660. The van der Waals surface area contributed by atoms with Crippen molar-refractivity contribution in [3.8, 4) is 23.3 Å². The lowest BCUT2D eigenvalue weighted by Gasteiger charge is -2.35. The zero-order valence-corrected chi connectivity index (χ0v) is 24.3. The molecular formula is C35H24Cl2N2O4. The maximum absolute atomic E-state index is 14.6. The zero-order chi connectivity index (χ0) is 29.5. The number of nitrogens with zero attached hydrogens (tertiary/aromatic N) is 2. The molecule has 2 heterocycles. The quantitative estimate of drug-likeness (QED) is 0.201. The Kier molecular flexibility index (Phi) is 7.09. The first-order valence-corrected chi connectivity index (χ1v) is 14.6. The summed E-state index contributed by atoms with van der Waals surface area (Å²) >= 11 is 12.3. The molecule has 43 heavy (non-hydrogen) atoms. The van der Waals surface area contributed by atoms with E-state index in [4.69, 9.17) is 37.7 Å². The molecule has 4 aromatic carbocycles. The van der Waals surface area contributed by atoms with E-state index in [0.717, 1.165) is 11.1 Å². The smallest absolute Gasteiger partial charge is 0.312 e. The number of fused-ring (bicyclic) bond motifs is 1. The van der Waals surface area contributed by atoms with Gasteiger partial charge in [-0.1, -0.05) is 83.9 Å². The molecule has 0 radical (unpaired) electrons. The molecule has 0 fully saturated rings. The van der Waals surface area contributed by atoms with Crippen molar-refractivity contribution >= 4 is 29.0 Å². The maximum atomic E-state index is 14.6. The molecule has 2 unspecified atom stereocenters. The van der Waals surface area contributed by atoms with Gasteiger partial charge in [-0.15, -0.1) is 0 Å². The molecule has 1 aliphatic carbocycles. The van der Waals surface area contributed by atoms with Gasteiger partial charge in [-0.2, -0.15) is 4.98 Å². The number of halogens is 2. The van der Waals surface area contributed by atoms with Gasteiger partial charge in [0.05, 0.1) is 17.2 Å². The van der Waals surface area contributed by atoms with Gasteiger partial charge in [0.15, 0.2) is 5.78 Å². The number of rotatable bonds is 5. The first kappa shape index (κ1) is 27.2. The van der Waals surface area contributed by atoms with Crippen LogP contribution < -0.4 is 15.0 Å². The number of benzene rings is 4. The molecule has 7 rings (SSSR count). The number of aromatic nitrogens is 2. The molecule has 6 nitrogen and oxygen atoms in total. The Morgan fingerprint density at radius 3 is 2.00 bits per heavy atom. The largest absolute Gasteiger partial charge is 0.442 e. The highest BCUT2D eigenvalue weighted by Crippen LogP contribution is 2.48. The number of Topliss-reactive ketones (excluding diaryl/α,β-unsaturated/α-hetero) is 1. The van der Waals surface area contributed by atoms with Gasteiger partial charge in [0.25, 0.3) is 5.56 Å². The molecule has 0 spiro atoms. The van der Waals surface area contributed by atoms with Gasteiger partial charge in [-0.3, -0.25) is 9.59 Å². The molecule has 0 amide bonds. The van der Waals surface area contributed by atoms with E-state index < -0.39 is 11.5 Å². The standard InChI is InChI=1S/C35H24Cl2N2O4/c36-24-11-15-26(16-12-24)39-34(41)32-30(22-9-5-2-6-10-22)31-28(40)19-23(21-7-3-1-4-8-21)20-29(31)43-33(32)38-35(39)42-27-17-13-25(37)14-18-27/h1-18,23,30H,19-20H2. The van der Waals surface area contributed by atoms with Crippen LogP contribution in [0, 0.1) is 0 Å². The summed E-state index contributed by atoms with van der Waals surface area (Å²) in [5, 5.41) is 1.06. The van der Waals surface area contributed by atoms with Crippen molar-refractivity contribution < 1.29 is 14.3 Å². The van der Waals surface area contributed by atoms with E-state index >= 15 is 0 Å². The van der Waals surface area contributed by atoms with Crippen molar-refractivity contribution in [1.82, 2.24) is 9.55 Å². The lowest BCUT2D eigenvalue weighted by Crippen LogP contribution is -2.35. The first-order valence-electron chi connectivity index (χ1n) is 13.9. The number of hydrogen-bond donors (Lipinski definition) is 0. The van der Waals surface area contributed by atoms with Crippen LogP contribution in [0.2, 0.25) is 10.0 Å². The Morgan fingerprint density at radius 2 is 1.35 bits per heavy atom. The van der Waals surface area contributed by atoms with E-state index in [1.54, 1.807) is 48.5 Å². The van der Waals surface area contributed by atoms with Crippen molar-refractivity contribution in [2.45, 2.75) is 24.7 Å². The SMILES string of the molecule is O=C1CC(c2ccccc2)CC2=C1C(c1ccccc1)c1c(nc(Oc3ccc(Cl)cc3)n(-c3ccc(Cl)cc3)c1=O)O2. The van der Waals surface area contributed by atoms with Crippen LogP contribution in [0.3, 0.4) is 0 Å². The van der Waals surface area contributed by atoms with Crippen molar-refractivity contribution in [1.29, 1.82) is 0 Å². The van der Waals surface area contributed by atoms with Gasteiger partial charge in [0.1, 0.15) is 11.5 Å². The second kappa shape index (κ2) is 11.2. The van der Waals surface area contributed by atoms with Crippen molar-refractivity contribution in [3.05, 3.63) is 158 Å². The van der Waals surface area contributed by atoms with E-state index in [0.29, 0.717) is 45.7 Å². The molecule has 0 saturated carbocycles. The van der Waals surface area contributed by atoms with Gasteiger partial charge in [0.2, 0.25) is 5.88 Å². The zero-order valence-electron chi connectivity index (χ0n) is 22.7. The highest BCUT2D eigenvalue weighted by molar-refractivity contribution is 6.30. The third-order valence-corrected chi connectivity index (χ3v) is 8.33. The molecule has 0 saturated heterocycles. The molecule has 1 aromatic heterocycles. The molecule has 2 atom stereocenters. The van der Waals surface area contributed by atoms with E-state index in [-0.39, 0.29) is 29.2 Å². The second-order valence-electron chi connectivity index (χ2n) is 10.5. The lowest BCUT2D eigenvalue weighted by molar-refractivity contribution is -0.117. The van der Waals surface area contributed by atoms with Crippen LogP contribution in [0.15, 0.2) is 125 Å². The van der Waals surface area contributed by atoms with Gasteiger partial charge in [0, 0.05) is 28.5 Å². The van der Waals surface area contributed by atoms with E-state index in [2.05, 4.69) is 0 Å². The average molecular weight is 607 g/mol. The molecule has 212 valence electrons. The summed E-state index contributed by atoms with van der Waals surface area (Å²) in [7, 11) is 0. The normalized spacial score (nSPS) is 17.6. The summed E-state index contributed by atoms with van der Waals surface area (Å²) in [4.78, 5) is 33.3. The Bertz CT molecular complexity index is 1920. The molecule has 8 heteroatoms. The highest BCUT2D eigenvalue weighted by Gasteiger charge is 2.43. The Labute approximate surface area is 257 Å². The molecule has 2 aliphatic rings.